The van der Waals surface area contributed by atoms with Gasteiger partial charge >= 0.3 is 17.1 Å². The predicted molar refractivity (Wildman–Crippen MR) is 26.4 cm³/mol. The standard InChI is InChI=1S/2C2H4O2.Cu.H3N/c2*1-2(3)4;;/h2*1H3,(H,3,4);;1H3/q;;+2;/p-2. The van der Waals surface area contributed by atoms with Crippen LogP contribution in [-0.2, 0) is 26.7 Å². The normalized spacial score (nSPS) is 5.00. The molecule has 0 fully saturated rings. The fraction of sp³-hybridized carbons (Fsp3) is 0.500. The molecule has 0 amide bonds. The molecule has 3 N–H and O–H groups in total. The Labute approximate surface area is 69.5 Å². The van der Waals surface area contributed by atoms with E-state index in [1.165, 1.54) is 0 Å². The number of carboxylic acid groups (broad SMARTS) is 2. The van der Waals surface area contributed by atoms with Crippen LogP contribution in [0.3, 0.4) is 0 Å². The van der Waals surface area contributed by atoms with Gasteiger partial charge in [0.1, 0.15) is 0 Å². The van der Waals surface area contributed by atoms with Gasteiger partial charge in [0.2, 0.25) is 0 Å². The third-order valence-corrected chi connectivity index (χ3v) is 0. The van der Waals surface area contributed by atoms with E-state index < -0.39 is 11.9 Å². The molecule has 0 aromatic heterocycles. The third kappa shape index (κ3) is 907. The van der Waals surface area contributed by atoms with Crippen molar-refractivity contribution >= 4 is 11.9 Å². The molecule has 0 bridgehead atoms. The van der Waals surface area contributed by atoms with Gasteiger partial charge in [-0.05, 0) is 13.8 Å². The molecule has 0 spiro atoms. The fourth-order valence-electron chi connectivity index (χ4n) is 0. The van der Waals surface area contributed by atoms with E-state index in [1.807, 2.05) is 0 Å². The maximum Gasteiger partial charge on any atom is 2.00 e. The van der Waals surface area contributed by atoms with Gasteiger partial charge in [0.05, 0.1) is 0 Å². The molecule has 0 unspecified atom stereocenters. The van der Waals surface area contributed by atoms with Gasteiger partial charge < -0.3 is 26.0 Å². The van der Waals surface area contributed by atoms with Crippen molar-refractivity contribution in [2.75, 3.05) is 0 Å². The SMILES string of the molecule is CC(=O)[O-].CC(=O)[O-].N.[Cu+2]. The maximum absolute atomic E-state index is 8.89. The zero-order chi connectivity index (χ0) is 7.15. The molecule has 0 saturated carbocycles. The molecule has 5 nitrogen and oxygen atoms in total. The maximum atomic E-state index is 8.89. The van der Waals surface area contributed by atoms with Crippen LogP contribution in [0.2, 0.25) is 0 Å². The van der Waals surface area contributed by atoms with Crippen LogP contribution < -0.4 is 16.4 Å². The summed E-state index contributed by atoms with van der Waals surface area (Å²) in [7, 11) is 0. The van der Waals surface area contributed by atoms with Gasteiger partial charge in [0, 0.05) is 11.9 Å². The number of carbonyl (C=O) groups is 2. The van der Waals surface area contributed by atoms with E-state index in [0.717, 1.165) is 13.8 Å². The average Bonchev–Trinajstić information content (AvgIpc) is 1.25. The molecule has 10 heavy (non-hydrogen) atoms. The van der Waals surface area contributed by atoms with E-state index in [2.05, 4.69) is 0 Å². The summed E-state index contributed by atoms with van der Waals surface area (Å²) in [5.74, 6) is -2.17. The molecule has 0 atom stereocenters. The number of carbonyl (C=O) groups excluding carboxylic acids is 2. The van der Waals surface area contributed by atoms with Crippen LogP contribution in [0, 0.1) is 0 Å². The molecular weight excluding hydrogens is 190 g/mol. The van der Waals surface area contributed by atoms with Crippen molar-refractivity contribution < 1.29 is 36.9 Å². The second kappa shape index (κ2) is 15.8. The monoisotopic (exact) mass is 198 g/mol. The largest absolute Gasteiger partial charge is 2.00 e. The summed E-state index contributed by atoms with van der Waals surface area (Å²) in [6.07, 6.45) is 0. The number of aliphatic carboxylic acids is 2. The number of rotatable bonds is 0. The zero-order valence-corrected chi connectivity index (χ0v) is 6.58. The minimum absolute atomic E-state index is 0. The molecule has 0 aromatic rings. The van der Waals surface area contributed by atoms with E-state index in [9.17, 15) is 0 Å². The van der Waals surface area contributed by atoms with Crippen LogP contribution >= 0.6 is 0 Å². The zero-order valence-electron chi connectivity index (χ0n) is 5.64. The first-order valence-electron chi connectivity index (χ1n) is 1.82. The summed E-state index contributed by atoms with van der Waals surface area (Å²) in [4.78, 5) is 17.8. The Morgan fingerprint density at radius 3 is 1.00 bits per heavy atom. The first-order valence-corrected chi connectivity index (χ1v) is 1.82. The molecule has 0 saturated heterocycles. The molecule has 65 valence electrons. The Morgan fingerprint density at radius 1 is 1.00 bits per heavy atom. The van der Waals surface area contributed by atoms with E-state index >= 15 is 0 Å². The molecule has 0 rings (SSSR count). The van der Waals surface area contributed by atoms with E-state index in [1.54, 1.807) is 0 Å². The van der Waals surface area contributed by atoms with Crippen molar-refractivity contribution in [2.45, 2.75) is 13.8 Å². The minimum Gasteiger partial charge on any atom is -0.550 e. The number of hydrogen-bond donors (Lipinski definition) is 1. The van der Waals surface area contributed by atoms with Gasteiger partial charge in [-0.2, -0.15) is 0 Å². The molecule has 0 aliphatic rings. The smallest absolute Gasteiger partial charge is 0.550 e. The Morgan fingerprint density at radius 2 is 1.00 bits per heavy atom. The van der Waals surface area contributed by atoms with Crippen molar-refractivity contribution in [1.29, 1.82) is 0 Å². The Balaban J connectivity index is -0.0000000300. The number of hydrogen-bond acceptors (Lipinski definition) is 5. The molecule has 0 aliphatic heterocycles. The van der Waals surface area contributed by atoms with Crippen molar-refractivity contribution in [1.82, 2.24) is 6.15 Å². The second-order valence-electron chi connectivity index (χ2n) is 0.983. The summed E-state index contributed by atoms with van der Waals surface area (Å²) in [6, 6.07) is 0. The van der Waals surface area contributed by atoms with Gasteiger partial charge in [-0.15, -0.1) is 0 Å². The van der Waals surface area contributed by atoms with Crippen molar-refractivity contribution in [2.24, 2.45) is 0 Å². The summed E-state index contributed by atoms with van der Waals surface area (Å²) < 4.78 is 0. The molecule has 0 aliphatic carbocycles. The van der Waals surface area contributed by atoms with Gasteiger partial charge in [-0.1, -0.05) is 0 Å². The van der Waals surface area contributed by atoms with Gasteiger partial charge in [-0.25, -0.2) is 0 Å². The first kappa shape index (κ1) is 22.7. The molecule has 0 aromatic carbocycles. The average molecular weight is 199 g/mol. The molecule has 6 heteroatoms. The van der Waals surface area contributed by atoms with Crippen LogP contribution in [0.1, 0.15) is 13.8 Å². The van der Waals surface area contributed by atoms with Crippen molar-refractivity contribution in [3.05, 3.63) is 0 Å². The first-order chi connectivity index (χ1) is 3.46. The topological polar surface area (TPSA) is 115 Å². The summed E-state index contributed by atoms with van der Waals surface area (Å²) >= 11 is 0. The molecule has 0 heterocycles. The molecular formula is C4H9CuNO4. The third-order valence-electron chi connectivity index (χ3n) is 0. The minimum atomic E-state index is -1.08. The Kier molecular flexibility index (Phi) is 35.9. The van der Waals surface area contributed by atoms with E-state index in [4.69, 9.17) is 19.8 Å². The fourth-order valence-corrected chi connectivity index (χ4v) is 0. The van der Waals surface area contributed by atoms with Crippen LogP contribution in [0.4, 0.5) is 0 Å². The Hall–Kier alpha value is -0.581. The van der Waals surface area contributed by atoms with Crippen LogP contribution in [-0.4, -0.2) is 11.9 Å². The van der Waals surface area contributed by atoms with E-state index in [-0.39, 0.29) is 23.2 Å². The second-order valence-corrected chi connectivity index (χ2v) is 0.983. The molecule has 1 radical (unpaired) electrons. The van der Waals surface area contributed by atoms with Crippen molar-refractivity contribution in [3.63, 3.8) is 0 Å². The summed E-state index contributed by atoms with van der Waals surface area (Å²) in [6.45, 7) is 1.94. The quantitative estimate of drug-likeness (QED) is 0.439. The summed E-state index contributed by atoms with van der Waals surface area (Å²) in [5.41, 5.74) is 0. The van der Waals surface area contributed by atoms with Gasteiger partial charge in [0.25, 0.3) is 0 Å². The van der Waals surface area contributed by atoms with Gasteiger partial charge in [0.15, 0.2) is 0 Å². The van der Waals surface area contributed by atoms with Crippen LogP contribution in [0.25, 0.3) is 0 Å². The van der Waals surface area contributed by atoms with Gasteiger partial charge in [-0.3, -0.25) is 0 Å². The van der Waals surface area contributed by atoms with Crippen molar-refractivity contribution in [3.8, 4) is 0 Å². The summed E-state index contributed by atoms with van der Waals surface area (Å²) in [5, 5.41) is 17.8. The van der Waals surface area contributed by atoms with Crippen LogP contribution in [0.15, 0.2) is 0 Å². The number of carboxylic acids is 2. The Bertz CT molecular complexity index is 75.3. The van der Waals surface area contributed by atoms with E-state index in [0.29, 0.717) is 0 Å². The predicted octanol–water partition coefficient (Wildman–Crippen LogP) is -2.33. The van der Waals surface area contributed by atoms with Crippen LogP contribution in [0.5, 0.6) is 0 Å².